The van der Waals surface area contributed by atoms with Crippen molar-refractivity contribution in [1.82, 2.24) is 0 Å². The van der Waals surface area contributed by atoms with Crippen LogP contribution in [0.1, 0.15) is 20.8 Å². The Kier molecular flexibility index (Phi) is 1.54. The van der Waals surface area contributed by atoms with Crippen molar-refractivity contribution in [3.05, 3.63) is 0 Å². The highest BCUT2D eigenvalue weighted by molar-refractivity contribution is 8.00. The topological polar surface area (TPSA) is 18.5 Å². The third-order valence-corrected chi connectivity index (χ3v) is 4.29. The Balaban J connectivity index is 2.27. The molecule has 2 nitrogen and oxygen atoms in total. The monoisotopic (exact) mass is 174 g/mol. The van der Waals surface area contributed by atoms with Gasteiger partial charge in [-0.2, -0.15) is 0 Å². The smallest absolute Gasteiger partial charge is 0.180 e. The summed E-state index contributed by atoms with van der Waals surface area (Å²) in [6.45, 7) is 7.17. The minimum absolute atomic E-state index is 0.0972. The molecule has 11 heavy (non-hydrogen) atoms. The Hall–Kier alpha value is 0.270. The summed E-state index contributed by atoms with van der Waals surface area (Å²) in [7, 11) is 0. The van der Waals surface area contributed by atoms with Crippen LogP contribution in [0.25, 0.3) is 0 Å². The van der Waals surface area contributed by atoms with Crippen molar-refractivity contribution < 1.29 is 9.47 Å². The van der Waals surface area contributed by atoms with E-state index in [1.54, 1.807) is 0 Å². The van der Waals surface area contributed by atoms with E-state index in [4.69, 9.17) is 9.47 Å². The fourth-order valence-electron chi connectivity index (χ4n) is 1.47. The van der Waals surface area contributed by atoms with Gasteiger partial charge in [-0.1, -0.05) is 0 Å². The molecule has 2 saturated heterocycles. The third-order valence-electron chi connectivity index (χ3n) is 2.66. The molecule has 2 aliphatic heterocycles. The molecule has 0 aromatic carbocycles. The molecule has 0 N–H and O–H groups in total. The van der Waals surface area contributed by atoms with Crippen molar-refractivity contribution >= 4 is 11.8 Å². The predicted molar refractivity (Wildman–Crippen MR) is 45.8 cm³/mol. The molecular weight excluding hydrogens is 160 g/mol. The van der Waals surface area contributed by atoms with Gasteiger partial charge in [-0.05, 0) is 20.8 Å². The van der Waals surface area contributed by atoms with Gasteiger partial charge >= 0.3 is 0 Å². The van der Waals surface area contributed by atoms with Crippen LogP contribution in [0.5, 0.6) is 0 Å². The largest absolute Gasteiger partial charge is 0.346 e. The van der Waals surface area contributed by atoms with Crippen LogP contribution in [-0.2, 0) is 9.47 Å². The fraction of sp³-hybridized carbons (Fsp3) is 1.00. The minimum atomic E-state index is -0.347. The Labute approximate surface area is 71.6 Å². The molecule has 0 unspecified atom stereocenters. The molecule has 0 aromatic heterocycles. The van der Waals surface area contributed by atoms with Crippen molar-refractivity contribution in [2.45, 2.75) is 37.4 Å². The molecule has 2 rings (SSSR count). The summed E-state index contributed by atoms with van der Waals surface area (Å²) in [5, 5.41) is 0. The first-order valence-corrected chi connectivity index (χ1v) is 4.98. The zero-order chi connectivity index (χ0) is 8.11. The van der Waals surface area contributed by atoms with Crippen LogP contribution in [0.4, 0.5) is 0 Å². The Bertz CT molecular complexity index is 181. The van der Waals surface area contributed by atoms with E-state index >= 15 is 0 Å². The molecule has 0 spiro atoms. The SMILES string of the molecule is CC1(C)SC[C@H]2CO[C@]1(C)O2. The van der Waals surface area contributed by atoms with E-state index in [-0.39, 0.29) is 10.5 Å². The molecular formula is C8H14O2S. The molecule has 2 atom stereocenters. The van der Waals surface area contributed by atoms with Gasteiger partial charge in [-0.3, -0.25) is 0 Å². The maximum Gasteiger partial charge on any atom is 0.180 e. The quantitative estimate of drug-likeness (QED) is 0.556. The second-order valence-electron chi connectivity index (χ2n) is 3.82. The number of hydrogen-bond acceptors (Lipinski definition) is 3. The molecule has 2 fully saturated rings. The number of fused-ring (bicyclic) bond motifs is 2. The van der Waals surface area contributed by atoms with Crippen LogP contribution >= 0.6 is 11.8 Å². The molecule has 0 saturated carbocycles. The lowest BCUT2D eigenvalue weighted by molar-refractivity contribution is -0.173. The van der Waals surface area contributed by atoms with Crippen molar-refractivity contribution in [2.75, 3.05) is 12.4 Å². The molecule has 2 aliphatic rings. The highest BCUT2D eigenvalue weighted by Gasteiger charge is 2.53. The molecule has 2 bridgehead atoms. The Morgan fingerprint density at radius 3 is 2.73 bits per heavy atom. The fourth-order valence-corrected chi connectivity index (χ4v) is 2.60. The van der Waals surface area contributed by atoms with Crippen molar-refractivity contribution in [1.29, 1.82) is 0 Å². The van der Waals surface area contributed by atoms with Gasteiger partial charge in [0.25, 0.3) is 0 Å². The molecule has 64 valence electrons. The van der Waals surface area contributed by atoms with Crippen LogP contribution < -0.4 is 0 Å². The number of ether oxygens (including phenoxy) is 2. The van der Waals surface area contributed by atoms with Crippen molar-refractivity contribution in [3.8, 4) is 0 Å². The maximum absolute atomic E-state index is 5.76. The van der Waals surface area contributed by atoms with Crippen molar-refractivity contribution in [3.63, 3.8) is 0 Å². The lowest BCUT2D eigenvalue weighted by Gasteiger charge is -2.42. The van der Waals surface area contributed by atoms with Crippen LogP contribution in [0.2, 0.25) is 0 Å². The van der Waals surface area contributed by atoms with E-state index in [1.807, 2.05) is 18.7 Å². The second-order valence-corrected chi connectivity index (χ2v) is 5.46. The first-order valence-electron chi connectivity index (χ1n) is 3.99. The first kappa shape index (κ1) is 7.90. The second kappa shape index (κ2) is 2.15. The van der Waals surface area contributed by atoms with E-state index < -0.39 is 0 Å². The molecule has 0 aromatic rings. The molecule has 2 heterocycles. The number of hydrogen-bond donors (Lipinski definition) is 0. The minimum Gasteiger partial charge on any atom is -0.346 e. The van der Waals surface area contributed by atoms with E-state index in [9.17, 15) is 0 Å². The van der Waals surface area contributed by atoms with Crippen molar-refractivity contribution in [2.24, 2.45) is 0 Å². The third kappa shape index (κ3) is 1.02. The number of thioether (sulfide) groups is 1. The molecule has 0 amide bonds. The van der Waals surface area contributed by atoms with Crippen LogP contribution in [0.3, 0.4) is 0 Å². The normalized spacial score (nSPS) is 47.7. The average Bonchev–Trinajstić information content (AvgIpc) is 2.25. The van der Waals surface area contributed by atoms with Gasteiger partial charge in [0.05, 0.1) is 17.5 Å². The zero-order valence-corrected chi connectivity index (χ0v) is 8.03. The standard InChI is InChI=1S/C8H14O2S/c1-7(2)8(3)9-4-6(10-8)5-11-7/h6H,4-5H2,1-3H3/t6-,8-/m1/s1. The maximum atomic E-state index is 5.76. The molecule has 0 radical (unpaired) electrons. The van der Waals surface area contributed by atoms with Gasteiger partial charge in [-0.15, -0.1) is 11.8 Å². The van der Waals surface area contributed by atoms with Gasteiger partial charge in [0.15, 0.2) is 5.79 Å². The summed E-state index contributed by atoms with van der Waals surface area (Å²) in [5.74, 6) is 0.725. The van der Waals surface area contributed by atoms with Crippen LogP contribution in [-0.4, -0.2) is 29.0 Å². The molecule has 0 aliphatic carbocycles. The predicted octanol–water partition coefficient (Wildman–Crippen LogP) is 1.64. The summed E-state index contributed by atoms with van der Waals surface area (Å²) in [6, 6.07) is 0. The number of rotatable bonds is 0. The Morgan fingerprint density at radius 1 is 1.36 bits per heavy atom. The van der Waals surface area contributed by atoms with E-state index in [2.05, 4.69) is 13.8 Å². The summed E-state index contributed by atoms with van der Waals surface area (Å²) in [6.07, 6.45) is 0.332. The van der Waals surface area contributed by atoms with Gasteiger partial charge in [0, 0.05) is 5.75 Å². The highest BCUT2D eigenvalue weighted by atomic mass is 32.2. The summed E-state index contributed by atoms with van der Waals surface area (Å²) in [5.41, 5.74) is 0. The summed E-state index contributed by atoms with van der Waals surface area (Å²) in [4.78, 5) is 0. The highest BCUT2D eigenvalue weighted by Crippen LogP contribution is 2.47. The van der Waals surface area contributed by atoms with Crippen LogP contribution in [0, 0.1) is 0 Å². The van der Waals surface area contributed by atoms with E-state index in [1.165, 1.54) is 0 Å². The average molecular weight is 174 g/mol. The zero-order valence-electron chi connectivity index (χ0n) is 7.22. The lowest BCUT2D eigenvalue weighted by atomic mass is 10.0. The van der Waals surface area contributed by atoms with E-state index in [0.29, 0.717) is 6.10 Å². The molecule has 3 heteroatoms. The summed E-state index contributed by atoms with van der Waals surface area (Å²) >= 11 is 1.95. The lowest BCUT2D eigenvalue weighted by Crippen LogP contribution is -2.49. The first-order chi connectivity index (χ1) is 5.04. The van der Waals surface area contributed by atoms with E-state index in [0.717, 1.165) is 12.4 Å². The van der Waals surface area contributed by atoms with Gasteiger partial charge in [0.1, 0.15) is 0 Å². The van der Waals surface area contributed by atoms with Gasteiger partial charge in [-0.25, -0.2) is 0 Å². The Morgan fingerprint density at radius 2 is 2.09 bits per heavy atom. The van der Waals surface area contributed by atoms with Gasteiger partial charge < -0.3 is 9.47 Å². The van der Waals surface area contributed by atoms with Crippen LogP contribution in [0.15, 0.2) is 0 Å². The summed E-state index contributed by atoms with van der Waals surface area (Å²) < 4.78 is 11.5. The van der Waals surface area contributed by atoms with Gasteiger partial charge in [0.2, 0.25) is 0 Å².